The Labute approximate surface area is 188 Å². The monoisotopic (exact) mass is 446 g/mol. The van der Waals surface area contributed by atoms with Crippen LogP contribution in [0.15, 0.2) is 71.8 Å². The fourth-order valence-electron chi connectivity index (χ4n) is 4.31. The van der Waals surface area contributed by atoms with Crippen molar-refractivity contribution in [1.82, 2.24) is 14.9 Å². The molecule has 0 atom stereocenters. The highest BCUT2D eigenvalue weighted by Gasteiger charge is 2.14. The van der Waals surface area contributed by atoms with Crippen molar-refractivity contribution in [2.45, 2.75) is 4.90 Å². The van der Waals surface area contributed by atoms with Crippen LogP contribution in [0, 0.1) is 0 Å². The number of aromatic nitrogens is 2. The maximum absolute atomic E-state index is 12.0. The summed E-state index contributed by atoms with van der Waals surface area (Å²) < 4.78 is 26.0. The summed E-state index contributed by atoms with van der Waals surface area (Å²) in [4.78, 5) is 7.41. The lowest BCUT2D eigenvalue weighted by Gasteiger charge is -2.29. The minimum Gasteiger partial charge on any atom is -0.369 e. The first-order valence-electron chi connectivity index (χ1n) is 10.7. The Hall–Kier alpha value is -3.16. The van der Waals surface area contributed by atoms with Gasteiger partial charge in [-0.3, -0.25) is 4.98 Å². The summed E-state index contributed by atoms with van der Waals surface area (Å²) in [5.74, 6) is 0. The topological polar surface area (TPSA) is 67.2 Å². The molecular weight excluding hydrogens is 420 g/mol. The first-order valence-corrected chi connectivity index (χ1v) is 12.6. The Morgan fingerprint density at radius 1 is 0.906 bits per heavy atom. The van der Waals surface area contributed by atoms with Gasteiger partial charge in [-0.05, 0) is 47.5 Å². The van der Waals surface area contributed by atoms with Crippen molar-refractivity contribution in [3.8, 4) is 22.4 Å². The van der Waals surface area contributed by atoms with E-state index in [1.54, 1.807) is 18.2 Å². The van der Waals surface area contributed by atoms with Gasteiger partial charge in [0.1, 0.15) is 0 Å². The Balaban J connectivity index is 1.49. The van der Waals surface area contributed by atoms with E-state index in [0.29, 0.717) is 4.90 Å². The van der Waals surface area contributed by atoms with Gasteiger partial charge < -0.3 is 14.8 Å². The van der Waals surface area contributed by atoms with Crippen LogP contribution in [0.4, 0.5) is 5.69 Å². The van der Waals surface area contributed by atoms with Gasteiger partial charge in [-0.1, -0.05) is 24.3 Å². The molecule has 0 radical (unpaired) electrons. The van der Waals surface area contributed by atoms with Crippen LogP contribution in [-0.2, 0) is 16.9 Å². The van der Waals surface area contributed by atoms with Gasteiger partial charge in [0, 0.05) is 56.9 Å². The summed E-state index contributed by atoms with van der Waals surface area (Å²) in [5.41, 5.74) is 7.11. The lowest BCUT2D eigenvalue weighted by Crippen LogP contribution is -2.43. The number of benzene rings is 2. The third kappa shape index (κ3) is 3.89. The lowest BCUT2D eigenvalue weighted by molar-refractivity contribution is 0.589. The van der Waals surface area contributed by atoms with Gasteiger partial charge in [-0.2, -0.15) is 0 Å². The molecule has 5 rings (SSSR count). The number of sulfone groups is 1. The standard InChI is InChI=1S/C25H26N4O2S/c1-28-24(19-4-3-5-22(14-19)32(2,30)31)16-23-25(28)15-20(17-27-23)18-6-8-21(9-7-18)29-12-10-26-11-13-29/h3-9,14-17,26H,10-13H2,1-2H3. The first kappa shape index (κ1) is 20.7. The number of nitrogens with zero attached hydrogens (tertiary/aromatic N) is 3. The molecule has 0 bridgehead atoms. The van der Waals surface area contributed by atoms with Crippen LogP contribution in [0.5, 0.6) is 0 Å². The van der Waals surface area contributed by atoms with E-state index in [1.165, 1.54) is 11.9 Å². The van der Waals surface area contributed by atoms with E-state index >= 15 is 0 Å². The Morgan fingerprint density at radius 2 is 1.66 bits per heavy atom. The van der Waals surface area contributed by atoms with E-state index in [4.69, 9.17) is 4.98 Å². The highest BCUT2D eigenvalue weighted by atomic mass is 32.2. The molecule has 2 aromatic heterocycles. The maximum Gasteiger partial charge on any atom is 0.175 e. The molecule has 1 aliphatic heterocycles. The van der Waals surface area contributed by atoms with E-state index in [0.717, 1.165) is 59.6 Å². The van der Waals surface area contributed by atoms with E-state index in [-0.39, 0.29) is 0 Å². The molecule has 32 heavy (non-hydrogen) atoms. The van der Waals surface area contributed by atoms with E-state index < -0.39 is 9.84 Å². The zero-order valence-electron chi connectivity index (χ0n) is 18.2. The molecule has 164 valence electrons. The Morgan fingerprint density at radius 3 is 2.38 bits per heavy atom. The maximum atomic E-state index is 12.0. The average molecular weight is 447 g/mol. The van der Waals surface area contributed by atoms with Crippen molar-refractivity contribution in [2.24, 2.45) is 7.05 Å². The van der Waals surface area contributed by atoms with Crippen molar-refractivity contribution in [3.63, 3.8) is 0 Å². The zero-order valence-corrected chi connectivity index (χ0v) is 19.1. The molecule has 0 aliphatic carbocycles. The zero-order chi connectivity index (χ0) is 22.3. The normalized spacial score (nSPS) is 14.8. The summed E-state index contributed by atoms with van der Waals surface area (Å²) in [6.07, 6.45) is 3.13. The van der Waals surface area contributed by atoms with Crippen molar-refractivity contribution in [1.29, 1.82) is 0 Å². The molecule has 1 aliphatic rings. The third-order valence-corrected chi connectivity index (χ3v) is 7.24. The third-order valence-electron chi connectivity index (χ3n) is 6.13. The second kappa shape index (κ2) is 8.07. The van der Waals surface area contributed by atoms with Crippen LogP contribution in [0.25, 0.3) is 33.4 Å². The molecule has 0 spiro atoms. The SMILES string of the molecule is Cn1c(-c2cccc(S(C)(=O)=O)c2)cc2ncc(-c3ccc(N4CCNCC4)cc3)cc21. The molecule has 1 saturated heterocycles. The van der Waals surface area contributed by atoms with E-state index in [2.05, 4.69) is 45.1 Å². The molecule has 7 heteroatoms. The molecule has 2 aromatic carbocycles. The molecule has 1 fully saturated rings. The highest BCUT2D eigenvalue weighted by Crippen LogP contribution is 2.31. The molecule has 3 heterocycles. The summed E-state index contributed by atoms with van der Waals surface area (Å²) in [5, 5.41) is 3.39. The minimum atomic E-state index is -3.26. The summed E-state index contributed by atoms with van der Waals surface area (Å²) in [6.45, 7) is 4.09. The van der Waals surface area contributed by atoms with Gasteiger partial charge in [0.2, 0.25) is 0 Å². The number of aryl methyl sites for hydroxylation is 1. The fraction of sp³-hybridized carbons (Fsp3) is 0.240. The van der Waals surface area contributed by atoms with Gasteiger partial charge in [-0.25, -0.2) is 8.42 Å². The largest absolute Gasteiger partial charge is 0.369 e. The first-order chi connectivity index (χ1) is 15.4. The summed E-state index contributed by atoms with van der Waals surface area (Å²) in [6, 6.07) is 19.9. The van der Waals surface area contributed by atoms with Crippen LogP contribution in [0.3, 0.4) is 0 Å². The average Bonchev–Trinajstić information content (AvgIpc) is 3.15. The van der Waals surface area contributed by atoms with Gasteiger partial charge in [0.25, 0.3) is 0 Å². The number of nitrogens with one attached hydrogen (secondary N) is 1. The van der Waals surface area contributed by atoms with E-state index in [9.17, 15) is 8.42 Å². The molecule has 1 N–H and O–H groups in total. The quantitative estimate of drug-likeness (QED) is 0.518. The van der Waals surface area contributed by atoms with Crippen molar-refractivity contribution in [3.05, 3.63) is 66.9 Å². The van der Waals surface area contributed by atoms with Crippen LogP contribution >= 0.6 is 0 Å². The number of piperazine rings is 1. The van der Waals surface area contributed by atoms with Crippen LogP contribution in [0.1, 0.15) is 0 Å². The van der Waals surface area contributed by atoms with Gasteiger partial charge in [0.15, 0.2) is 9.84 Å². The van der Waals surface area contributed by atoms with Crippen LogP contribution < -0.4 is 10.2 Å². The molecular formula is C25H26N4O2S. The Bertz CT molecular complexity index is 1390. The Kier molecular flexibility index (Phi) is 5.23. The molecule has 6 nitrogen and oxygen atoms in total. The predicted molar refractivity (Wildman–Crippen MR) is 130 cm³/mol. The van der Waals surface area contributed by atoms with Crippen molar-refractivity contribution >= 4 is 26.6 Å². The minimum absolute atomic E-state index is 0.318. The number of hydrogen-bond acceptors (Lipinski definition) is 5. The number of fused-ring (bicyclic) bond motifs is 1. The smallest absolute Gasteiger partial charge is 0.175 e. The second-order valence-corrected chi connectivity index (χ2v) is 10.3. The number of pyridine rings is 1. The van der Waals surface area contributed by atoms with Crippen LogP contribution in [0.2, 0.25) is 0 Å². The highest BCUT2D eigenvalue weighted by molar-refractivity contribution is 7.90. The predicted octanol–water partition coefficient (Wildman–Crippen LogP) is 3.72. The van der Waals surface area contributed by atoms with Gasteiger partial charge >= 0.3 is 0 Å². The molecule has 0 unspecified atom stereocenters. The second-order valence-electron chi connectivity index (χ2n) is 8.30. The number of anilines is 1. The van der Waals surface area contributed by atoms with Crippen molar-refractivity contribution in [2.75, 3.05) is 37.3 Å². The fourth-order valence-corrected chi connectivity index (χ4v) is 4.98. The molecule has 4 aromatic rings. The molecule has 0 saturated carbocycles. The van der Waals surface area contributed by atoms with E-state index in [1.807, 2.05) is 25.4 Å². The van der Waals surface area contributed by atoms with Gasteiger partial charge in [0.05, 0.1) is 21.6 Å². The van der Waals surface area contributed by atoms with Gasteiger partial charge in [-0.15, -0.1) is 0 Å². The lowest BCUT2D eigenvalue weighted by atomic mass is 10.1. The van der Waals surface area contributed by atoms with Crippen molar-refractivity contribution < 1.29 is 8.42 Å². The van der Waals surface area contributed by atoms with Crippen LogP contribution in [-0.4, -0.2) is 50.4 Å². The summed E-state index contributed by atoms with van der Waals surface area (Å²) >= 11 is 0. The number of hydrogen-bond donors (Lipinski definition) is 1. The number of rotatable bonds is 4. The molecule has 0 amide bonds. The summed E-state index contributed by atoms with van der Waals surface area (Å²) in [7, 11) is -1.27.